The summed E-state index contributed by atoms with van der Waals surface area (Å²) in [5.74, 6) is 0.0825. The van der Waals surface area contributed by atoms with Crippen LogP contribution in [0.15, 0.2) is 47.0 Å². The quantitative estimate of drug-likeness (QED) is 0.487. The van der Waals surface area contributed by atoms with Gasteiger partial charge >= 0.3 is 11.8 Å². The molecule has 2 aromatic carbocycles. The monoisotopic (exact) mass is 444 g/mol. The predicted molar refractivity (Wildman–Crippen MR) is 114 cm³/mol. The summed E-state index contributed by atoms with van der Waals surface area (Å²) in [6.07, 6.45) is 0. The molecule has 0 atom stereocenters. The third-order valence-electron chi connectivity index (χ3n) is 4.15. The van der Waals surface area contributed by atoms with E-state index in [1.54, 1.807) is 42.5 Å². The van der Waals surface area contributed by atoms with Crippen molar-refractivity contribution in [2.75, 3.05) is 26.8 Å². The van der Waals surface area contributed by atoms with Gasteiger partial charge in [-0.05, 0) is 37.3 Å². The number of benzene rings is 2. The molecule has 2 amide bonds. The molecule has 9 nitrogen and oxygen atoms in total. The first-order valence-corrected chi connectivity index (χ1v) is 9.87. The fraction of sp³-hybridized carbons (Fsp3) is 0.238. The lowest BCUT2D eigenvalue weighted by Crippen LogP contribution is -2.35. The van der Waals surface area contributed by atoms with Gasteiger partial charge in [0.25, 0.3) is 5.91 Å². The van der Waals surface area contributed by atoms with Crippen LogP contribution in [0, 0.1) is 0 Å². The van der Waals surface area contributed by atoms with Crippen LogP contribution >= 0.6 is 11.6 Å². The lowest BCUT2D eigenvalue weighted by Gasteiger charge is -2.10. The van der Waals surface area contributed by atoms with Crippen LogP contribution in [-0.2, 0) is 0 Å². The average Bonchev–Trinajstić information content (AvgIpc) is 3.27. The van der Waals surface area contributed by atoms with Gasteiger partial charge < -0.3 is 24.6 Å². The number of hydrogen-bond donors (Lipinski definition) is 2. The SMILES string of the molecule is CCOc1ccccc1C(=O)NCCNC(=O)c1nc(-c2cc(Cl)ccc2OC)no1. The van der Waals surface area contributed by atoms with Crippen LogP contribution in [0.25, 0.3) is 11.4 Å². The standard InChI is InChI=1S/C21H21ClN4O5/c1-3-30-17-7-5-4-6-14(17)19(27)23-10-11-24-20(28)21-25-18(26-31-21)15-12-13(22)8-9-16(15)29-2/h4-9,12H,3,10-11H2,1-2H3,(H,23,27)(H,24,28). The van der Waals surface area contributed by atoms with Gasteiger partial charge in [-0.15, -0.1) is 0 Å². The highest BCUT2D eigenvalue weighted by atomic mass is 35.5. The Morgan fingerprint density at radius 3 is 2.55 bits per heavy atom. The summed E-state index contributed by atoms with van der Waals surface area (Å²) in [6.45, 7) is 2.66. The summed E-state index contributed by atoms with van der Waals surface area (Å²) in [6, 6.07) is 11.9. The topological polar surface area (TPSA) is 116 Å². The Hall–Kier alpha value is -3.59. The molecule has 31 heavy (non-hydrogen) atoms. The lowest BCUT2D eigenvalue weighted by atomic mass is 10.2. The molecular weight excluding hydrogens is 424 g/mol. The van der Waals surface area contributed by atoms with E-state index in [4.69, 9.17) is 25.6 Å². The molecule has 0 saturated heterocycles. The maximum atomic E-state index is 12.3. The zero-order valence-electron chi connectivity index (χ0n) is 17.0. The number of carbonyl (C=O) groups is 2. The fourth-order valence-corrected chi connectivity index (χ4v) is 2.91. The van der Waals surface area contributed by atoms with Gasteiger partial charge in [-0.1, -0.05) is 28.9 Å². The summed E-state index contributed by atoms with van der Waals surface area (Å²) >= 11 is 6.01. The zero-order chi connectivity index (χ0) is 22.2. The van der Waals surface area contributed by atoms with Crippen LogP contribution in [0.1, 0.15) is 28.0 Å². The molecule has 162 valence electrons. The van der Waals surface area contributed by atoms with Crippen LogP contribution in [0.4, 0.5) is 0 Å². The van der Waals surface area contributed by atoms with Crippen LogP contribution in [-0.4, -0.2) is 48.8 Å². The van der Waals surface area contributed by atoms with Gasteiger partial charge in [0.15, 0.2) is 0 Å². The molecule has 0 bridgehead atoms. The van der Waals surface area contributed by atoms with Gasteiger partial charge in [0.1, 0.15) is 11.5 Å². The highest BCUT2D eigenvalue weighted by molar-refractivity contribution is 6.30. The number of amides is 2. The van der Waals surface area contributed by atoms with Gasteiger partial charge in [-0.2, -0.15) is 4.98 Å². The van der Waals surface area contributed by atoms with Crippen molar-refractivity contribution < 1.29 is 23.6 Å². The van der Waals surface area contributed by atoms with Crippen molar-refractivity contribution >= 4 is 23.4 Å². The summed E-state index contributed by atoms with van der Waals surface area (Å²) < 4.78 is 15.7. The Morgan fingerprint density at radius 1 is 1.06 bits per heavy atom. The molecule has 10 heteroatoms. The zero-order valence-corrected chi connectivity index (χ0v) is 17.7. The van der Waals surface area contributed by atoms with Crippen molar-refractivity contribution in [3.8, 4) is 22.9 Å². The van der Waals surface area contributed by atoms with Crippen molar-refractivity contribution in [1.29, 1.82) is 0 Å². The number of aromatic nitrogens is 2. The molecule has 3 aromatic rings. The molecule has 0 radical (unpaired) electrons. The van der Waals surface area contributed by atoms with Crippen molar-refractivity contribution in [3.63, 3.8) is 0 Å². The highest BCUT2D eigenvalue weighted by Crippen LogP contribution is 2.30. The van der Waals surface area contributed by atoms with E-state index in [0.717, 1.165) is 0 Å². The molecule has 0 saturated carbocycles. The molecular formula is C21H21ClN4O5. The summed E-state index contributed by atoms with van der Waals surface area (Å²) in [7, 11) is 1.50. The molecule has 0 fully saturated rings. The van der Waals surface area contributed by atoms with E-state index in [0.29, 0.717) is 34.3 Å². The van der Waals surface area contributed by atoms with E-state index in [1.165, 1.54) is 7.11 Å². The number of rotatable bonds is 9. The third-order valence-corrected chi connectivity index (χ3v) is 4.39. The van der Waals surface area contributed by atoms with E-state index in [-0.39, 0.29) is 30.7 Å². The van der Waals surface area contributed by atoms with E-state index in [2.05, 4.69) is 20.8 Å². The first kappa shape index (κ1) is 22.1. The number of hydrogen-bond acceptors (Lipinski definition) is 7. The highest BCUT2D eigenvalue weighted by Gasteiger charge is 2.19. The summed E-state index contributed by atoms with van der Waals surface area (Å²) in [4.78, 5) is 28.7. The number of ether oxygens (including phenoxy) is 2. The van der Waals surface area contributed by atoms with Gasteiger partial charge in [0, 0.05) is 18.1 Å². The second-order valence-corrected chi connectivity index (χ2v) is 6.65. The smallest absolute Gasteiger partial charge is 0.316 e. The minimum Gasteiger partial charge on any atom is -0.496 e. The number of halogens is 1. The Bertz CT molecular complexity index is 1070. The third kappa shape index (κ3) is 5.52. The Labute approximate surface area is 183 Å². The number of nitrogens with one attached hydrogen (secondary N) is 2. The van der Waals surface area contributed by atoms with E-state index >= 15 is 0 Å². The first-order chi connectivity index (χ1) is 15.0. The minimum absolute atomic E-state index is 0.166. The molecule has 2 N–H and O–H groups in total. The minimum atomic E-state index is -0.566. The molecule has 0 unspecified atom stereocenters. The van der Waals surface area contributed by atoms with Crippen molar-refractivity contribution in [2.24, 2.45) is 0 Å². The number of methoxy groups -OCH3 is 1. The van der Waals surface area contributed by atoms with E-state index in [9.17, 15) is 9.59 Å². The molecule has 0 aliphatic carbocycles. The average molecular weight is 445 g/mol. The van der Waals surface area contributed by atoms with Crippen LogP contribution in [0.5, 0.6) is 11.5 Å². The Balaban J connectivity index is 1.54. The van der Waals surface area contributed by atoms with E-state index < -0.39 is 5.91 Å². The molecule has 1 aromatic heterocycles. The van der Waals surface area contributed by atoms with Crippen molar-refractivity contribution in [3.05, 3.63) is 58.9 Å². The maximum absolute atomic E-state index is 12.3. The molecule has 0 aliphatic heterocycles. The Morgan fingerprint density at radius 2 is 1.81 bits per heavy atom. The number of nitrogens with zero attached hydrogens (tertiary/aromatic N) is 2. The molecule has 0 aliphatic rings. The number of carbonyl (C=O) groups excluding carboxylic acids is 2. The second-order valence-electron chi connectivity index (χ2n) is 6.21. The summed E-state index contributed by atoms with van der Waals surface area (Å²) in [5, 5.41) is 9.61. The van der Waals surface area contributed by atoms with Crippen molar-refractivity contribution in [2.45, 2.75) is 6.92 Å². The van der Waals surface area contributed by atoms with E-state index in [1.807, 2.05) is 6.92 Å². The predicted octanol–water partition coefficient (Wildman–Crippen LogP) is 2.96. The normalized spacial score (nSPS) is 10.4. The fourth-order valence-electron chi connectivity index (χ4n) is 2.74. The van der Waals surface area contributed by atoms with Gasteiger partial charge in [0.05, 0.1) is 24.8 Å². The first-order valence-electron chi connectivity index (χ1n) is 9.49. The van der Waals surface area contributed by atoms with Gasteiger partial charge in [0.2, 0.25) is 5.82 Å². The Kier molecular flexibility index (Phi) is 7.45. The lowest BCUT2D eigenvalue weighted by molar-refractivity contribution is 0.0897. The van der Waals surface area contributed by atoms with Crippen LogP contribution in [0.3, 0.4) is 0 Å². The second kappa shape index (κ2) is 10.4. The molecule has 0 spiro atoms. The summed E-state index contributed by atoms with van der Waals surface area (Å²) in [5.41, 5.74) is 0.922. The largest absolute Gasteiger partial charge is 0.496 e. The van der Waals surface area contributed by atoms with Crippen molar-refractivity contribution in [1.82, 2.24) is 20.8 Å². The molecule has 1 heterocycles. The number of para-hydroxylation sites is 1. The maximum Gasteiger partial charge on any atom is 0.316 e. The van der Waals surface area contributed by atoms with Crippen LogP contribution < -0.4 is 20.1 Å². The van der Waals surface area contributed by atoms with Crippen LogP contribution in [0.2, 0.25) is 5.02 Å². The molecule has 3 rings (SSSR count). The van der Waals surface area contributed by atoms with Gasteiger partial charge in [-0.25, -0.2) is 0 Å². The van der Waals surface area contributed by atoms with Gasteiger partial charge in [-0.3, -0.25) is 9.59 Å².